The van der Waals surface area contributed by atoms with Crippen LogP contribution in [0.5, 0.6) is 0 Å². The normalized spacial score (nSPS) is 13.9. The summed E-state index contributed by atoms with van der Waals surface area (Å²) in [6.45, 7) is 6.06. The first kappa shape index (κ1) is 34.9. The van der Waals surface area contributed by atoms with E-state index in [1.165, 1.54) is 24.1 Å². The number of fused-ring (bicyclic) bond motifs is 1. The number of halogens is 2. The number of ether oxygens (including phenoxy) is 2. The summed E-state index contributed by atoms with van der Waals surface area (Å²) in [5.41, 5.74) is -0.671. The molecular weight excluding hydrogens is 614 g/mol. The lowest BCUT2D eigenvalue weighted by molar-refractivity contribution is -0.133. The molecule has 0 saturated carbocycles. The lowest BCUT2D eigenvalue weighted by Crippen LogP contribution is -2.52. The number of carbonyl (C=O) groups excluding carboxylic acids is 4. The van der Waals surface area contributed by atoms with E-state index >= 15 is 0 Å². The van der Waals surface area contributed by atoms with Gasteiger partial charge in [0.2, 0.25) is 5.91 Å². The molecule has 1 aliphatic rings. The van der Waals surface area contributed by atoms with Gasteiger partial charge in [-0.05, 0) is 44.7 Å². The van der Waals surface area contributed by atoms with E-state index in [9.17, 15) is 28.0 Å². The number of benzene rings is 2. The Kier molecular flexibility index (Phi) is 11.5. The van der Waals surface area contributed by atoms with Crippen LogP contribution in [0.2, 0.25) is 0 Å². The molecule has 2 aromatic carbocycles. The van der Waals surface area contributed by atoms with Crippen molar-refractivity contribution in [1.29, 1.82) is 0 Å². The van der Waals surface area contributed by atoms with Crippen molar-refractivity contribution in [3.05, 3.63) is 71.9 Å². The molecule has 2 heterocycles. The van der Waals surface area contributed by atoms with E-state index in [1.54, 1.807) is 42.8 Å². The minimum atomic E-state index is -1.06. The Morgan fingerprint density at radius 1 is 0.979 bits per heavy atom. The summed E-state index contributed by atoms with van der Waals surface area (Å²) >= 11 is 0. The molecule has 1 atom stereocenters. The summed E-state index contributed by atoms with van der Waals surface area (Å²) in [7, 11) is 1.46. The fourth-order valence-electron chi connectivity index (χ4n) is 4.91. The maximum Gasteiger partial charge on any atom is 0.412 e. The second kappa shape index (κ2) is 15.5. The summed E-state index contributed by atoms with van der Waals surface area (Å²) in [6.07, 6.45) is 0.518. The predicted molar refractivity (Wildman–Crippen MR) is 170 cm³/mol. The molecular formula is C33H40F2N6O6. The van der Waals surface area contributed by atoms with Gasteiger partial charge in [0.1, 0.15) is 18.0 Å². The molecule has 1 aromatic heterocycles. The quantitative estimate of drug-likeness (QED) is 0.327. The zero-order chi connectivity index (χ0) is 34.1. The zero-order valence-corrected chi connectivity index (χ0v) is 26.9. The molecule has 0 aliphatic carbocycles. The highest BCUT2D eigenvalue weighted by Gasteiger charge is 2.29. The number of nitrogens with zero attached hydrogens (tertiary/aromatic N) is 4. The molecule has 12 nitrogen and oxygen atoms in total. The highest BCUT2D eigenvalue weighted by molar-refractivity contribution is 5.89. The molecule has 0 bridgehead atoms. The highest BCUT2D eigenvalue weighted by atomic mass is 19.2. The Labute approximate surface area is 272 Å². The van der Waals surface area contributed by atoms with Gasteiger partial charge >= 0.3 is 18.2 Å². The van der Waals surface area contributed by atoms with E-state index in [0.29, 0.717) is 26.2 Å². The first-order valence-corrected chi connectivity index (χ1v) is 15.3. The van der Waals surface area contributed by atoms with Gasteiger partial charge in [-0.15, -0.1) is 0 Å². The molecule has 252 valence electrons. The molecule has 5 amide bonds. The summed E-state index contributed by atoms with van der Waals surface area (Å²) in [5.74, 6) is -2.02. The number of piperazine rings is 1. The molecule has 1 saturated heterocycles. The lowest BCUT2D eigenvalue weighted by atomic mass is 10.1. The Balaban J connectivity index is 1.36. The summed E-state index contributed by atoms with van der Waals surface area (Å²) in [6, 6.07) is 11.5. The SMILES string of the molecule is CN(C(=O)NCc1cccc(F)c1F)[C@@H](CCC(=O)N1CCN(C(=O)OC(C)(C)C)CC1)COC(=O)Nc1cc2ccccc2cn1. The maximum absolute atomic E-state index is 14.1. The Hall–Kier alpha value is -5.01. The molecule has 1 fully saturated rings. The van der Waals surface area contributed by atoms with Crippen molar-refractivity contribution in [1.82, 2.24) is 25.0 Å². The van der Waals surface area contributed by atoms with Crippen molar-refractivity contribution < 1.29 is 37.4 Å². The number of hydrogen-bond donors (Lipinski definition) is 2. The molecule has 3 aromatic rings. The summed E-state index contributed by atoms with van der Waals surface area (Å²) in [5, 5.41) is 6.88. The standard InChI is InChI=1S/C33H40F2N6O6/c1-33(2,3)47-32(45)41-16-14-40(15-17-41)28(42)13-12-25(39(4)30(43)37-20-24-10-7-11-26(34)29(24)35)21-46-31(44)38-27-18-22-8-5-6-9-23(22)19-36-27/h5-11,18-19,25H,12-17,20-21H2,1-4H3,(H,37,43)(H,36,38,44)/t25-/m0/s1. The molecule has 4 rings (SSSR count). The largest absolute Gasteiger partial charge is 0.447 e. The second-order valence-electron chi connectivity index (χ2n) is 12.2. The number of likely N-dealkylation sites (N-methyl/N-ethyl adjacent to an activating group) is 1. The fourth-order valence-corrected chi connectivity index (χ4v) is 4.91. The van der Waals surface area contributed by atoms with Crippen molar-refractivity contribution in [2.75, 3.05) is 45.2 Å². The van der Waals surface area contributed by atoms with Crippen LogP contribution in [0.15, 0.2) is 54.7 Å². The van der Waals surface area contributed by atoms with Crippen LogP contribution < -0.4 is 10.6 Å². The molecule has 1 aliphatic heterocycles. The number of nitrogens with one attached hydrogen (secondary N) is 2. The van der Waals surface area contributed by atoms with Gasteiger partial charge in [0, 0.05) is 63.3 Å². The van der Waals surface area contributed by atoms with E-state index in [1.807, 2.05) is 24.3 Å². The van der Waals surface area contributed by atoms with Crippen LogP contribution in [0.4, 0.5) is 29.0 Å². The second-order valence-corrected chi connectivity index (χ2v) is 12.2. The first-order chi connectivity index (χ1) is 22.3. The van der Waals surface area contributed by atoms with Gasteiger partial charge < -0.3 is 29.5 Å². The molecule has 0 unspecified atom stereocenters. The Morgan fingerprint density at radius 2 is 1.66 bits per heavy atom. The van der Waals surface area contributed by atoms with E-state index in [-0.39, 0.29) is 43.3 Å². The van der Waals surface area contributed by atoms with Gasteiger partial charge in [-0.2, -0.15) is 0 Å². The van der Waals surface area contributed by atoms with Crippen molar-refractivity contribution in [3.63, 3.8) is 0 Å². The number of anilines is 1. The highest BCUT2D eigenvalue weighted by Crippen LogP contribution is 2.18. The van der Waals surface area contributed by atoms with Crippen molar-refractivity contribution in [2.45, 2.75) is 51.8 Å². The monoisotopic (exact) mass is 654 g/mol. The molecule has 14 heteroatoms. The van der Waals surface area contributed by atoms with Crippen LogP contribution in [-0.4, -0.2) is 95.3 Å². The van der Waals surface area contributed by atoms with E-state index in [0.717, 1.165) is 16.8 Å². The topological polar surface area (TPSA) is 133 Å². The Bertz CT molecular complexity index is 1590. The average molecular weight is 655 g/mol. The number of pyridine rings is 1. The van der Waals surface area contributed by atoms with Gasteiger partial charge in [0.05, 0.1) is 6.04 Å². The van der Waals surface area contributed by atoms with E-state index in [4.69, 9.17) is 9.47 Å². The van der Waals surface area contributed by atoms with Crippen LogP contribution in [-0.2, 0) is 20.8 Å². The zero-order valence-electron chi connectivity index (χ0n) is 26.9. The van der Waals surface area contributed by atoms with E-state index < -0.39 is 41.5 Å². The van der Waals surface area contributed by atoms with Crippen LogP contribution in [0.3, 0.4) is 0 Å². The fraction of sp³-hybridized carbons (Fsp3) is 0.424. The van der Waals surface area contributed by atoms with E-state index in [2.05, 4.69) is 15.6 Å². The number of amides is 5. The first-order valence-electron chi connectivity index (χ1n) is 15.3. The minimum Gasteiger partial charge on any atom is -0.447 e. The lowest BCUT2D eigenvalue weighted by Gasteiger charge is -2.36. The number of aromatic nitrogens is 1. The van der Waals surface area contributed by atoms with Gasteiger partial charge in [-0.1, -0.05) is 36.4 Å². The third-order valence-electron chi connectivity index (χ3n) is 7.57. The van der Waals surface area contributed by atoms with Crippen LogP contribution in [0, 0.1) is 11.6 Å². The maximum atomic E-state index is 14.1. The van der Waals surface area contributed by atoms with Crippen molar-refractivity contribution in [3.8, 4) is 0 Å². The van der Waals surface area contributed by atoms with Crippen molar-refractivity contribution >= 4 is 40.7 Å². The number of carbonyl (C=O) groups is 4. The predicted octanol–water partition coefficient (Wildman–Crippen LogP) is 5.13. The average Bonchev–Trinajstić information content (AvgIpc) is 3.04. The summed E-state index contributed by atoms with van der Waals surface area (Å²) < 4.78 is 38.6. The van der Waals surface area contributed by atoms with Gasteiger partial charge in [0.25, 0.3) is 0 Å². The number of urea groups is 1. The van der Waals surface area contributed by atoms with Crippen LogP contribution >= 0.6 is 0 Å². The van der Waals surface area contributed by atoms with Gasteiger partial charge in [-0.25, -0.2) is 28.1 Å². The van der Waals surface area contributed by atoms with Gasteiger partial charge in [0.15, 0.2) is 11.6 Å². The van der Waals surface area contributed by atoms with Crippen LogP contribution in [0.25, 0.3) is 10.8 Å². The van der Waals surface area contributed by atoms with Crippen LogP contribution in [0.1, 0.15) is 39.2 Å². The third-order valence-corrected chi connectivity index (χ3v) is 7.57. The molecule has 2 N–H and O–H groups in total. The number of hydrogen-bond acceptors (Lipinski definition) is 7. The van der Waals surface area contributed by atoms with Crippen molar-refractivity contribution in [2.24, 2.45) is 0 Å². The number of rotatable bonds is 9. The minimum absolute atomic E-state index is 0.0183. The molecule has 0 radical (unpaired) electrons. The third kappa shape index (κ3) is 9.99. The molecule has 0 spiro atoms. The smallest absolute Gasteiger partial charge is 0.412 e. The molecule has 47 heavy (non-hydrogen) atoms. The Morgan fingerprint density at radius 3 is 2.36 bits per heavy atom. The summed E-state index contributed by atoms with van der Waals surface area (Å²) in [4.78, 5) is 59.9. The van der Waals surface area contributed by atoms with Gasteiger partial charge in [-0.3, -0.25) is 10.1 Å².